The molecule has 0 unspecified atom stereocenters. The highest BCUT2D eigenvalue weighted by atomic mass is 32.2. The predicted octanol–water partition coefficient (Wildman–Crippen LogP) is 2.94. The molecule has 0 N–H and O–H groups in total. The Morgan fingerprint density at radius 2 is 1.30 bits per heavy atom. The van der Waals surface area contributed by atoms with E-state index < -0.39 is 9.84 Å². The Balaban J connectivity index is 2.10. The van der Waals surface area contributed by atoms with Gasteiger partial charge in [-0.2, -0.15) is 0 Å². The van der Waals surface area contributed by atoms with Crippen molar-refractivity contribution in [2.24, 2.45) is 0 Å². The van der Waals surface area contributed by atoms with Crippen molar-refractivity contribution in [1.82, 2.24) is 0 Å². The number of benzene rings is 2. The Hall–Kier alpha value is -2.05. The monoisotopic (exact) mass is 336 g/mol. The summed E-state index contributed by atoms with van der Waals surface area (Å²) in [5, 5.41) is 0. The minimum absolute atomic E-state index is 0.229. The normalized spacial score (nSPS) is 11.2. The molecule has 0 saturated heterocycles. The largest absolute Gasteiger partial charge is 0.497 e. The van der Waals surface area contributed by atoms with Crippen LogP contribution in [0.25, 0.3) is 0 Å². The first-order chi connectivity index (χ1) is 11.1. The molecular formula is C17H20O5S. The van der Waals surface area contributed by atoms with E-state index in [1.807, 2.05) is 0 Å². The molecule has 2 rings (SSSR count). The number of ether oxygens (including phenoxy) is 3. The maximum absolute atomic E-state index is 12.5. The number of hydrogen-bond acceptors (Lipinski definition) is 5. The average Bonchev–Trinajstić information content (AvgIpc) is 2.59. The Labute approximate surface area is 136 Å². The SMILES string of the molecule is COCCCOc1ccc(S(=O)(=O)c2ccc(OC)cc2)cc1. The summed E-state index contributed by atoms with van der Waals surface area (Å²) in [4.78, 5) is 0.457. The molecule has 5 nitrogen and oxygen atoms in total. The van der Waals surface area contributed by atoms with Crippen molar-refractivity contribution in [1.29, 1.82) is 0 Å². The highest BCUT2D eigenvalue weighted by Crippen LogP contribution is 2.24. The van der Waals surface area contributed by atoms with Crippen LogP contribution in [-0.4, -0.2) is 35.9 Å². The lowest BCUT2D eigenvalue weighted by Crippen LogP contribution is -2.03. The van der Waals surface area contributed by atoms with E-state index in [0.717, 1.165) is 6.42 Å². The second-order valence-corrected chi connectivity index (χ2v) is 6.79. The lowest BCUT2D eigenvalue weighted by Gasteiger charge is -2.08. The van der Waals surface area contributed by atoms with Gasteiger partial charge in [-0.3, -0.25) is 0 Å². The third kappa shape index (κ3) is 4.46. The summed E-state index contributed by atoms with van der Waals surface area (Å²) in [5.74, 6) is 1.25. The lowest BCUT2D eigenvalue weighted by molar-refractivity contribution is 0.172. The van der Waals surface area contributed by atoms with E-state index in [-0.39, 0.29) is 9.79 Å². The summed E-state index contributed by atoms with van der Waals surface area (Å²) in [6.07, 6.45) is 0.780. The summed E-state index contributed by atoms with van der Waals surface area (Å²) < 4.78 is 40.6. The van der Waals surface area contributed by atoms with Crippen molar-refractivity contribution < 1.29 is 22.6 Å². The first-order valence-electron chi connectivity index (χ1n) is 7.19. The zero-order valence-corrected chi connectivity index (χ0v) is 14.0. The molecule has 0 atom stereocenters. The fourth-order valence-electron chi connectivity index (χ4n) is 2.00. The Morgan fingerprint density at radius 1 is 0.783 bits per heavy atom. The molecule has 0 aromatic heterocycles. The van der Waals surface area contributed by atoms with E-state index in [1.54, 1.807) is 43.5 Å². The van der Waals surface area contributed by atoms with Crippen LogP contribution in [-0.2, 0) is 14.6 Å². The second-order valence-electron chi connectivity index (χ2n) is 4.85. The van der Waals surface area contributed by atoms with Crippen molar-refractivity contribution in [3.63, 3.8) is 0 Å². The number of methoxy groups -OCH3 is 2. The molecule has 6 heteroatoms. The molecule has 0 spiro atoms. The molecule has 23 heavy (non-hydrogen) atoms. The van der Waals surface area contributed by atoms with Gasteiger partial charge in [0.05, 0.1) is 23.5 Å². The van der Waals surface area contributed by atoms with Gasteiger partial charge in [-0.15, -0.1) is 0 Å². The predicted molar refractivity (Wildman–Crippen MR) is 86.9 cm³/mol. The summed E-state index contributed by atoms with van der Waals surface area (Å²) in [6, 6.07) is 12.7. The van der Waals surface area contributed by atoms with E-state index in [0.29, 0.717) is 24.7 Å². The van der Waals surface area contributed by atoms with E-state index >= 15 is 0 Å². The van der Waals surface area contributed by atoms with Crippen LogP contribution in [0.1, 0.15) is 6.42 Å². The van der Waals surface area contributed by atoms with Gasteiger partial charge in [-0.05, 0) is 48.5 Å². The Morgan fingerprint density at radius 3 is 1.78 bits per heavy atom. The molecule has 0 aliphatic carbocycles. The highest BCUT2D eigenvalue weighted by Gasteiger charge is 2.17. The van der Waals surface area contributed by atoms with Crippen LogP contribution in [0.15, 0.2) is 58.3 Å². The van der Waals surface area contributed by atoms with E-state index in [9.17, 15) is 8.42 Å². The first-order valence-corrected chi connectivity index (χ1v) is 8.67. The maximum atomic E-state index is 12.5. The van der Waals surface area contributed by atoms with Crippen LogP contribution < -0.4 is 9.47 Å². The van der Waals surface area contributed by atoms with Gasteiger partial charge >= 0.3 is 0 Å². The first kappa shape index (κ1) is 17.3. The Kier molecular flexibility index (Phi) is 6.01. The molecule has 0 heterocycles. The zero-order chi connectivity index (χ0) is 16.7. The van der Waals surface area contributed by atoms with Gasteiger partial charge in [0.2, 0.25) is 9.84 Å². The average molecular weight is 336 g/mol. The van der Waals surface area contributed by atoms with Crippen LogP contribution in [0.4, 0.5) is 0 Å². The number of hydrogen-bond donors (Lipinski definition) is 0. The van der Waals surface area contributed by atoms with Crippen LogP contribution in [0, 0.1) is 0 Å². The zero-order valence-electron chi connectivity index (χ0n) is 13.2. The third-order valence-corrected chi connectivity index (χ3v) is 5.05. The molecule has 0 aliphatic rings. The summed E-state index contributed by atoms with van der Waals surface area (Å²) in [6.45, 7) is 1.16. The van der Waals surface area contributed by atoms with Gasteiger partial charge in [-0.1, -0.05) is 0 Å². The maximum Gasteiger partial charge on any atom is 0.206 e. The topological polar surface area (TPSA) is 61.8 Å². The van der Waals surface area contributed by atoms with Gasteiger partial charge in [0, 0.05) is 20.1 Å². The highest BCUT2D eigenvalue weighted by molar-refractivity contribution is 7.91. The standard InChI is InChI=1S/C17H20O5S/c1-20-12-3-13-22-15-6-10-17(11-7-15)23(18,19)16-8-4-14(21-2)5-9-16/h4-11H,3,12-13H2,1-2H3. The molecule has 0 bridgehead atoms. The van der Waals surface area contributed by atoms with E-state index in [2.05, 4.69) is 0 Å². The Bertz CT molecular complexity index is 706. The van der Waals surface area contributed by atoms with Crippen molar-refractivity contribution in [3.05, 3.63) is 48.5 Å². The lowest BCUT2D eigenvalue weighted by atomic mass is 10.3. The smallest absolute Gasteiger partial charge is 0.206 e. The van der Waals surface area contributed by atoms with Crippen LogP contribution in [0.2, 0.25) is 0 Å². The summed E-state index contributed by atoms with van der Waals surface area (Å²) in [7, 11) is -0.367. The molecule has 0 radical (unpaired) electrons. The van der Waals surface area contributed by atoms with Crippen molar-refractivity contribution in [2.45, 2.75) is 16.2 Å². The fourth-order valence-corrected chi connectivity index (χ4v) is 3.26. The van der Waals surface area contributed by atoms with E-state index in [1.165, 1.54) is 19.2 Å². The molecule has 2 aromatic carbocycles. The fraction of sp³-hybridized carbons (Fsp3) is 0.294. The molecular weight excluding hydrogens is 316 g/mol. The summed E-state index contributed by atoms with van der Waals surface area (Å²) >= 11 is 0. The van der Waals surface area contributed by atoms with Gasteiger partial charge in [0.25, 0.3) is 0 Å². The number of sulfone groups is 1. The minimum Gasteiger partial charge on any atom is -0.497 e. The molecule has 2 aromatic rings. The van der Waals surface area contributed by atoms with Gasteiger partial charge < -0.3 is 14.2 Å². The summed E-state index contributed by atoms with van der Waals surface area (Å²) in [5.41, 5.74) is 0. The molecule has 0 saturated carbocycles. The van der Waals surface area contributed by atoms with Crippen LogP contribution >= 0.6 is 0 Å². The second kappa shape index (κ2) is 7.99. The van der Waals surface area contributed by atoms with Crippen LogP contribution in [0.3, 0.4) is 0 Å². The van der Waals surface area contributed by atoms with Crippen molar-refractivity contribution in [2.75, 3.05) is 27.4 Å². The third-order valence-electron chi connectivity index (χ3n) is 3.27. The number of rotatable bonds is 8. The molecule has 0 aliphatic heterocycles. The van der Waals surface area contributed by atoms with Gasteiger partial charge in [-0.25, -0.2) is 8.42 Å². The minimum atomic E-state index is -3.54. The van der Waals surface area contributed by atoms with Crippen molar-refractivity contribution >= 4 is 9.84 Å². The quantitative estimate of drug-likeness (QED) is 0.694. The van der Waals surface area contributed by atoms with Crippen molar-refractivity contribution in [3.8, 4) is 11.5 Å². The van der Waals surface area contributed by atoms with E-state index in [4.69, 9.17) is 14.2 Å². The van der Waals surface area contributed by atoms with Crippen LogP contribution in [0.5, 0.6) is 11.5 Å². The molecule has 0 fully saturated rings. The van der Waals surface area contributed by atoms with Gasteiger partial charge in [0.15, 0.2) is 0 Å². The molecule has 0 amide bonds. The molecule has 124 valence electrons. The van der Waals surface area contributed by atoms with Gasteiger partial charge in [0.1, 0.15) is 11.5 Å².